The molecule has 0 amide bonds. The van der Waals surface area contributed by atoms with Gasteiger partial charge in [0, 0.05) is 19.8 Å². The predicted octanol–water partition coefficient (Wildman–Crippen LogP) is 8.86. The fourth-order valence-electron chi connectivity index (χ4n) is 3.53. The Labute approximate surface area is 193 Å². The van der Waals surface area contributed by atoms with Crippen LogP contribution in [0.3, 0.4) is 0 Å². The van der Waals surface area contributed by atoms with E-state index < -0.39 is 9.53 Å². The highest BCUT2D eigenvalue weighted by atomic mass is 28.3. The van der Waals surface area contributed by atoms with Gasteiger partial charge in [-0.05, 0) is 20.8 Å². The monoisotopic (exact) mass is 446 g/mol. The minimum absolute atomic E-state index is 0.677. The molecule has 0 aliphatic rings. The van der Waals surface area contributed by atoms with E-state index in [9.17, 15) is 0 Å². The molecule has 0 aromatic heterocycles. The lowest BCUT2D eigenvalue weighted by atomic mass is 10.0. The summed E-state index contributed by atoms with van der Waals surface area (Å²) in [4.78, 5) is 0. The molecule has 0 heterocycles. The Hall–Kier alpha value is 0.0969. The summed E-state index contributed by atoms with van der Waals surface area (Å²) >= 11 is 0. The molecule has 0 aliphatic carbocycles. The fraction of sp³-hybridized carbons (Fsp3) is 1.00. The Bertz CT molecular complexity index is 245. The van der Waals surface area contributed by atoms with Crippen LogP contribution < -0.4 is 0 Å². The van der Waals surface area contributed by atoms with Crippen molar-refractivity contribution in [3.8, 4) is 0 Å². The van der Waals surface area contributed by atoms with Gasteiger partial charge in [-0.2, -0.15) is 0 Å². The number of rotatable bonds is 23. The molecule has 4 heteroatoms. The van der Waals surface area contributed by atoms with Gasteiger partial charge < -0.3 is 13.3 Å². The summed E-state index contributed by atoms with van der Waals surface area (Å²) in [6.45, 7) is 12.5. The normalized spacial score (nSPS) is 11.0. The molecular weight excluding hydrogens is 388 g/mol. The van der Waals surface area contributed by atoms with Gasteiger partial charge in [0.1, 0.15) is 0 Å². The van der Waals surface area contributed by atoms with Crippen LogP contribution in [0.15, 0.2) is 0 Å². The molecule has 0 N–H and O–H groups in total. The van der Waals surface area contributed by atoms with Crippen molar-refractivity contribution in [2.75, 3.05) is 19.8 Å². The standard InChI is InChI=1S/C20H42.C6H16O3Si/c1-3-5-7-9-11-13-15-17-19-20-18-16-14-12-10-8-6-4-2;1-4-7-10(8-5-2)9-6-3/h3-20H2,1-2H3;10H,4-6H2,1-3H3. The van der Waals surface area contributed by atoms with E-state index in [0.29, 0.717) is 19.8 Å². The molecule has 0 saturated heterocycles. The first-order valence-corrected chi connectivity index (χ1v) is 15.0. The molecule has 0 fully saturated rings. The highest BCUT2D eigenvalue weighted by Crippen LogP contribution is 2.14. The fourth-order valence-corrected chi connectivity index (χ4v) is 4.63. The minimum Gasteiger partial charge on any atom is -0.376 e. The summed E-state index contributed by atoms with van der Waals surface area (Å²) in [5, 5.41) is 0. The lowest BCUT2D eigenvalue weighted by Crippen LogP contribution is -2.27. The summed E-state index contributed by atoms with van der Waals surface area (Å²) in [5.41, 5.74) is 0. The third kappa shape index (κ3) is 30.3. The van der Waals surface area contributed by atoms with E-state index in [2.05, 4.69) is 13.8 Å². The maximum atomic E-state index is 5.22. The highest BCUT2D eigenvalue weighted by molar-refractivity contribution is 6.36. The molecule has 30 heavy (non-hydrogen) atoms. The molecule has 0 radical (unpaired) electrons. The van der Waals surface area contributed by atoms with Crippen molar-refractivity contribution in [1.82, 2.24) is 0 Å². The Morgan fingerprint density at radius 1 is 0.333 bits per heavy atom. The van der Waals surface area contributed by atoms with Crippen molar-refractivity contribution >= 4 is 9.53 Å². The zero-order chi connectivity index (χ0) is 22.5. The van der Waals surface area contributed by atoms with Gasteiger partial charge in [0.05, 0.1) is 0 Å². The quantitative estimate of drug-likeness (QED) is 0.116. The second kappa shape index (κ2) is 31.3. The highest BCUT2D eigenvalue weighted by Gasteiger charge is 2.11. The van der Waals surface area contributed by atoms with Crippen LogP contribution in [0.1, 0.15) is 150 Å². The first-order valence-electron chi connectivity index (χ1n) is 13.6. The summed E-state index contributed by atoms with van der Waals surface area (Å²) in [6.07, 6.45) is 26.4. The average Bonchev–Trinajstić information content (AvgIpc) is 2.74. The number of hydrogen-bond donors (Lipinski definition) is 0. The van der Waals surface area contributed by atoms with Crippen LogP contribution in [0.25, 0.3) is 0 Å². The lowest BCUT2D eigenvalue weighted by molar-refractivity contribution is 0.107. The molecule has 3 nitrogen and oxygen atoms in total. The first kappa shape index (κ1) is 32.3. The maximum absolute atomic E-state index is 5.22. The van der Waals surface area contributed by atoms with Crippen LogP contribution in [0.4, 0.5) is 0 Å². The van der Waals surface area contributed by atoms with E-state index in [1.807, 2.05) is 20.8 Å². The molecule has 0 unspecified atom stereocenters. The smallest absolute Gasteiger partial charge is 0.376 e. The Kier molecular flexibility index (Phi) is 33.7. The molecule has 0 bridgehead atoms. The first-order chi connectivity index (χ1) is 14.8. The molecule has 184 valence electrons. The zero-order valence-electron chi connectivity index (χ0n) is 21.7. The van der Waals surface area contributed by atoms with Crippen molar-refractivity contribution in [3.05, 3.63) is 0 Å². The number of unbranched alkanes of at least 4 members (excludes halogenated alkanes) is 17. The third-order valence-electron chi connectivity index (χ3n) is 5.37. The molecule has 0 saturated carbocycles. The van der Waals surface area contributed by atoms with Crippen LogP contribution in [0.5, 0.6) is 0 Å². The van der Waals surface area contributed by atoms with Gasteiger partial charge in [0.15, 0.2) is 0 Å². The van der Waals surface area contributed by atoms with Gasteiger partial charge in [0.2, 0.25) is 0 Å². The van der Waals surface area contributed by atoms with E-state index in [1.54, 1.807) is 0 Å². The van der Waals surface area contributed by atoms with Gasteiger partial charge in [-0.3, -0.25) is 0 Å². The van der Waals surface area contributed by atoms with E-state index in [-0.39, 0.29) is 0 Å². The second-order valence-corrected chi connectivity index (χ2v) is 9.89. The topological polar surface area (TPSA) is 27.7 Å². The SMILES string of the molecule is CCCCCCCCCCCCCCCCCCCC.CCO[SiH](OCC)OCC. The van der Waals surface area contributed by atoms with E-state index >= 15 is 0 Å². The van der Waals surface area contributed by atoms with Crippen LogP contribution >= 0.6 is 0 Å². The zero-order valence-corrected chi connectivity index (χ0v) is 22.8. The molecule has 0 atom stereocenters. The van der Waals surface area contributed by atoms with Gasteiger partial charge in [-0.25, -0.2) is 0 Å². The van der Waals surface area contributed by atoms with E-state index in [4.69, 9.17) is 13.3 Å². The Morgan fingerprint density at radius 3 is 0.700 bits per heavy atom. The van der Waals surface area contributed by atoms with Crippen LogP contribution in [-0.4, -0.2) is 29.3 Å². The van der Waals surface area contributed by atoms with Gasteiger partial charge in [0.25, 0.3) is 0 Å². The minimum atomic E-state index is -1.73. The summed E-state index contributed by atoms with van der Waals surface area (Å²) in [5.74, 6) is 0. The number of hydrogen-bond acceptors (Lipinski definition) is 3. The van der Waals surface area contributed by atoms with Gasteiger partial charge in [-0.1, -0.05) is 129 Å². The van der Waals surface area contributed by atoms with Crippen LogP contribution in [0, 0.1) is 0 Å². The molecule has 0 rings (SSSR count). The Balaban J connectivity index is 0. The van der Waals surface area contributed by atoms with E-state index in [1.165, 1.54) is 116 Å². The predicted molar refractivity (Wildman–Crippen MR) is 136 cm³/mol. The Morgan fingerprint density at radius 2 is 0.533 bits per heavy atom. The largest absolute Gasteiger partial charge is 0.484 e. The van der Waals surface area contributed by atoms with E-state index in [0.717, 1.165) is 0 Å². The van der Waals surface area contributed by atoms with Crippen molar-refractivity contribution < 1.29 is 13.3 Å². The van der Waals surface area contributed by atoms with Crippen molar-refractivity contribution in [1.29, 1.82) is 0 Å². The average molecular weight is 447 g/mol. The third-order valence-corrected chi connectivity index (χ3v) is 7.18. The maximum Gasteiger partial charge on any atom is 0.484 e. The molecule has 0 aromatic rings. The second-order valence-electron chi connectivity index (χ2n) is 8.31. The van der Waals surface area contributed by atoms with Crippen molar-refractivity contribution in [2.45, 2.75) is 150 Å². The summed E-state index contributed by atoms with van der Waals surface area (Å²) in [7, 11) is -1.73. The summed E-state index contributed by atoms with van der Waals surface area (Å²) < 4.78 is 15.7. The van der Waals surface area contributed by atoms with Gasteiger partial charge in [-0.15, -0.1) is 0 Å². The van der Waals surface area contributed by atoms with Crippen LogP contribution in [-0.2, 0) is 13.3 Å². The van der Waals surface area contributed by atoms with Crippen LogP contribution in [0.2, 0.25) is 0 Å². The van der Waals surface area contributed by atoms with Crippen molar-refractivity contribution in [3.63, 3.8) is 0 Å². The molecule has 0 aromatic carbocycles. The molecule has 0 spiro atoms. The molecule has 0 aliphatic heterocycles. The summed E-state index contributed by atoms with van der Waals surface area (Å²) in [6, 6.07) is 0. The van der Waals surface area contributed by atoms with Crippen molar-refractivity contribution in [2.24, 2.45) is 0 Å². The lowest BCUT2D eigenvalue weighted by Gasteiger charge is -2.12. The van der Waals surface area contributed by atoms with Gasteiger partial charge >= 0.3 is 9.53 Å². The molecular formula is C26H58O3Si.